The quantitative estimate of drug-likeness (QED) is 0.845. The van der Waals surface area contributed by atoms with E-state index in [2.05, 4.69) is 4.98 Å². The van der Waals surface area contributed by atoms with Crippen molar-refractivity contribution in [1.29, 1.82) is 0 Å². The Labute approximate surface area is 93.7 Å². The lowest BCUT2D eigenvalue weighted by molar-refractivity contribution is -0.123. The molecule has 1 aliphatic carbocycles. The summed E-state index contributed by atoms with van der Waals surface area (Å²) in [7, 11) is 0. The molecule has 0 amide bonds. The number of carbonyl (C=O) groups excluding carboxylic acids is 1. The number of rotatable bonds is 4. The van der Waals surface area contributed by atoms with Crippen LogP contribution in [0.3, 0.4) is 0 Å². The van der Waals surface area contributed by atoms with Crippen LogP contribution < -0.4 is 5.73 Å². The number of nitrogens with two attached hydrogens (primary N) is 1. The first kappa shape index (κ1) is 10.8. The molecular formula is C11H16N2OS. The van der Waals surface area contributed by atoms with Crippen LogP contribution in [0.15, 0.2) is 11.6 Å². The van der Waals surface area contributed by atoms with Crippen molar-refractivity contribution < 1.29 is 4.79 Å². The highest BCUT2D eigenvalue weighted by atomic mass is 32.1. The zero-order valence-corrected chi connectivity index (χ0v) is 9.50. The first-order valence-electron chi connectivity index (χ1n) is 5.42. The number of carbonyl (C=O) groups is 1. The van der Waals surface area contributed by atoms with Crippen molar-refractivity contribution in [1.82, 2.24) is 4.98 Å². The molecule has 1 saturated carbocycles. The van der Waals surface area contributed by atoms with Crippen LogP contribution in [0.5, 0.6) is 0 Å². The van der Waals surface area contributed by atoms with E-state index in [4.69, 9.17) is 5.73 Å². The first-order valence-corrected chi connectivity index (χ1v) is 6.30. The van der Waals surface area contributed by atoms with Crippen molar-refractivity contribution in [3.63, 3.8) is 0 Å². The molecule has 0 aliphatic heterocycles. The lowest BCUT2D eigenvalue weighted by Gasteiger charge is -2.15. The second-order valence-corrected chi connectivity index (χ2v) is 5.08. The molecule has 1 fully saturated rings. The highest BCUT2D eigenvalue weighted by Gasteiger charge is 2.31. The summed E-state index contributed by atoms with van der Waals surface area (Å²) < 4.78 is 0. The van der Waals surface area contributed by atoms with E-state index in [9.17, 15) is 4.79 Å². The van der Waals surface area contributed by atoms with E-state index in [0.717, 1.165) is 24.3 Å². The molecule has 0 saturated heterocycles. The molecule has 15 heavy (non-hydrogen) atoms. The van der Waals surface area contributed by atoms with E-state index in [1.165, 1.54) is 0 Å². The molecule has 1 heterocycles. The molecule has 1 aliphatic rings. The summed E-state index contributed by atoms with van der Waals surface area (Å²) in [5.74, 6) is 0.939. The van der Waals surface area contributed by atoms with Gasteiger partial charge in [-0.05, 0) is 25.3 Å². The summed E-state index contributed by atoms with van der Waals surface area (Å²) in [6.45, 7) is 0.647. The summed E-state index contributed by atoms with van der Waals surface area (Å²) in [6.07, 6.45) is 5.54. The van der Waals surface area contributed by atoms with Gasteiger partial charge < -0.3 is 5.73 Å². The van der Waals surface area contributed by atoms with Gasteiger partial charge in [0.15, 0.2) is 0 Å². The van der Waals surface area contributed by atoms with Crippen molar-refractivity contribution in [3.05, 3.63) is 16.6 Å². The molecule has 2 rings (SSSR count). The molecule has 1 aromatic heterocycles. The predicted octanol–water partition coefficient (Wildman–Crippen LogP) is 1.63. The van der Waals surface area contributed by atoms with Crippen molar-refractivity contribution >= 4 is 17.1 Å². The maximum Gasteiger partial charge on any atom is 0.143 e. The van der Waals surface area contributed by atoms with Gasteiger partial charge in [-0.2, -0.15) is 0 Å². The molecule has 2 atom stereocenters. The van der Waals surface area contributed by atoms with Gasteiger partial charge in [0.25, 0.3) is 0 Å². The highest BCUT2D eigenvalue weighted by molar-refractivity contribution is 7.09. The SMILES string of the molecule is NCC1CCCC1C(=O)Cc1nccs1. The zero-order chi connectivity index (χ0) is 10.7. The number of ketones is 1. The van der Waals surface area contributed by atoms with Gasteiger partial charge in [-0.15, -0.1) is 11.3 Å². The molecule has 2 N–H and O–H groups in total. The van der Waals surface area contributed by atoms with Crippen LogP contribution in [0.1, 0.15) is 24.3 Å². The monoisotopic (exact) mass is 224 g/mol. The minimum Gasteiger partial charge on any atom is -0.330 e. The normalized spacial score (nSPS) is 25.7. The van der Waals surface area contributed by atoms with Crippen LogP contribution in [0, 0.1) is 11.8 Å². The second kappa shape index (κ2) is 4.86. The molecule has 82 valence electrons. The fourth-order valence-electron chi connectivity index (χ4n) is 2.36. The second-order valence-electron chi connectivity index (χ2n) is 4.10. The van der Waals surface area contributed by atoms with Crippen LogP contribution in [-0.2, 0) is 11.2 Å². The third-order valence-corrected chi connectivity index (χ3v) is 3.96. The zero-order valence-electron chi connectivity index (χ0n) is 8.69. The van der Waals surface area contributed by atoms with Crippen molar-refractivity contribution in [2.45, 2.75) is 25.7 Å². The van der Waals surface area contributed by atoms with E-state index >= 15 is 0 Å². The molecule has 0 bridgehead atoms. The maximum absolute atomic E-state index is 12.0. The molecule has 0 radical (unpaired) electrons. The Morgan fingerprint density at radius 3 is 3.13 bits per heavy atom. The molecule has 1 aromatic rings. The van der Waals surface area contributed by atoms with Crippen LogP contribution in [0.2, 0.25) is 0 Å². The largest absolute Gasteiger partial charge is 0.330 e. The third kappa shape index (κ3) is 2.44. The molecule has 2 unspecified atom stereocenters. The molecule has 4 heteroatoms. The minimum absolute atomic E-state index is 0.193. The van der Waals surface area contributed by atoms with Crippen LogP contribution in [0.25, 0.3) is 0 Å². The van der Waals surface area contributed by atoms with Gasteiger partial charge in [0.1, 0.15) is 5.78 Å². The molecular weight excluding hydrogens is 208 g/mol. The van der Waals surface area contributed by atoms with E-state index in [-0.39, 0.29) is 5.92 Å². The fraction of sp³-hybridized carbons (Fsp3) is 0.636. The highest BCUT2D eigenvalue weighted by Crippen LogP contribution is 2.32. The third-order valence-electron chi connectivity index (χ3n) is 3.18. The van der Waals surface area contributed by atoms with Crippen molar-refractivity contribution in [2.24, 2.45) is 17.6 Å². The number of hydrogen-bond donors (Lipinski definition) is 1. The van der Waals surface area contributed by atoms with Crippen LogP contribution in [-0.4, -0.2) is 17.3 Å². The summed E-state index contributed by atoms with van der Waals surface area (Å²) in [6, 6.07) is 0. The summed E-state index contributed by atoms with van der Waals surface area (Å²) in [5.41, 5.74) is 5.67. The predicted molar refractivity (Wildman–Crippen MR) is 60.7 cm³/mol. The van der Waals surface area contributed by atoms with Gasteiger partial charge in [-0.25, -0.2) is 4.98 Å². The van der Waals surface area contributed by atoms with Gasteiger partial charge in [-0.1, -0.05) is 6.42 Å². The van der Waals surface area contributed by atoms with Gasteiger partial charge >= 0.3 is 0 Å². The summed E-state index contributed by atoms with van der Waals surface area (Å²) >= 11 is 1.56. The molecule has 0 aromatic carbocycles. The summed E-state index contributed by atoms with van der Waals surface area (Å²) in [5, 5.41) is 2.85. The smallest absolute Gasteiger partial charge is 0.143 e. The lowest BCUT2D eigenvalue weighted by Crippen LogP contribution is -2.26. The maximum atomic E-state index is 12.0. The Kier molecular flexibility index (Phi) is 3.49. The minimum atomic E-state index is 0.193. The van der Waals surface area contributed by atoms with E-state index in [0.29, 0.717) is 24.7 Å². The van der Waals surface area contributed by atoms with E-state index < -0.39 is 0 Å². The Morgan fingerprint density at radius 1 is 1.60 bits per heavy atom. The van der Waals surface area contributed by atoms with E-state index in [1.807, 2.05) is 5.38 Å². The number of hydrogen-bond acceptors (Lipinski definition) is 4. The fourth-order valence-corrected chi connectivity index (χ4v) is 2.99. The first-order chi connectivity index (χ1) is 7.31. The van der Waals surface area contributed by atoms with Crippen LogP contribution >= 0.6 is 11.3 Å². The standard InChI is InChI=1S/C11H16N2OS/c12-7-8-2-1-3-9(8)10(14)6-11-13-4-5-15-11/h4-5,8-9H,1-3,6-7,12H2. The molecule has 0 spiro atoms. The topological polar surface area (TPSA) is 56.0 Å². The Hall–Kier alpha value is -0.740. The van der Waals surface area contributed by atoms with Gasteiger partial charge in [0, 0.05) is 17.5 Å². The van der Waals surface area contributed by atoms with Crippen molar-refractivity contribution in [2.75, 3.05) is 6.54 Å². The van der Waals surface area contributed by atoms with Crippen molar-refractivity contribution in [3.8, 4) is 0 Å². The Bertz CT molecular complexity index is 323. The van der Waals surface area contributed by atoms with Crippen LogP contribution in [0.4, 0.5) is 0 Å². The van der Waals surface area contributed by atoms with Gasteiger partial charge in [0.2, 0.25) is 0 Å². The van der Waals surface area contributed by atoms with Gasteiger partial charge in [-0.3, -0.25) is 4.79 Å². The Balaban J connectivity index is 1.96. The average molecular weight is 224 g/mol. The van der Waals surface area contributed by atoms with E-state index in [1.54, 1.807) is 17.5 Å². The summed E-state index contributed by atoms with van der Waals surface area (Å²) in [4.78, 5) is 16.1. The van der Waals surface area contributed by atoms with Gasteiger partial charge in [0.05, 0.1) is 11.4 Å². The number of thiazole rings is 1. The number of nitrogens with zero attached hydrogens (tertiary/aromatic N) is 1. The number of aromatic nitrogens is 1. The number of Topliss-reactive ketones (excluding diaryl/α,β-unsaturated/α-hetero) is 1. The average Bonchev–Trinajstić information content (AvgIpc) is 2.86. The Morgan fingerprint density at radius 2 is 2.47 bits per heavy atom. The molecule has 3 nitrogen and oxygen atoms in total. The lowest BCUT2D eigenvalue weighted by atomic mass is 9.91.